The van der Waals surface area contributed by atoms with Gasteiger partial charge in [0.2, 0.25) is 5.91 Å². The number of halogens is 1. The molecular weight excluding hydrogens is 245 g/mol. The molecule has 1 heterocycles. The van der Waals surface area contributed by atoms with Gasteiger partial charge in [-0.2, -0.15) is 5.26 Å². The largest absolute Gasteiger partial charge is 0.369 e. The van der Waals surface area contributed by atoms with Gasteiger partial charge in [0.05, 0.1) is 11.5 Å². The first-order valence-corrected chi connectivity index (χ1v) is 6.28. The molecule has 1 aromatic carbocycles. The number of primary amides is 1. The Hall–Kier alpha value is -2.09. The van der Waals surface area contributed by atoms with Gasteiger partial charge >= 0.3 is 0 Å². The predicted octanol–water partition coefficient (Wildman–Crippen LogP) is 1.79. The van der Waals surface area contributed by atoms with E-state index in [0.717, 1.165) is 12.8 Å². The van der Waals surface area contributed by atoms with Gasteiger partial charge in [-0.25, -0.2) is 4.39 Å². The van der Waals surface area contributed by atoms with E-state index in [1.54, 1.807) is 12.1 Å². The standard InChI is InChI=1S/C14H16FN3O/c1-9-2-3-11(14(17)19)8-18(9)12-5-4-10(7-16)13(15)6-12/h4-6,9,11H,2-3,8H2,1H3,(H2,17,19). The molecule has 0 spiro atoms. The van der Waals surface area contributed by atoms with Crippen LogP contribution in [0.5, 0.6) is 0 Å². The van der Waals surface area contributed by atoms with E-state index in [2.05, 4.69) is 0 Å². The Balaban J connectivity index is 2.26. The van der Waals surface area contributed by atoms with Crippen molar-refractivity contribution in [1.82, 2.24) is 0 Å². The summed E-state index contributed by atoms with van der Waals surface area (Å²) in [7, 11) is 0. The molecule has 2 rings (SSSR count). The summed E-state index contributed by atoms with van der Waals surface area (Å²) >= 11 is 0. The minimum Gasteiger partial charge on any atom is -0.369 e. The molecule has 5 heteroatoms. The van der Waals surface area contributed by atoms with E-state index in [0.29, 0.717) is 12.2 Å². The number of carbonyl (C=O) groups excluding carboxylic acids is 1. The highest BCUT2D eigenvalue weighted by molar-refractivity contribution is 5.77. The van der Waals surface area contributed by atoms with Crippen LogP contribution >= 0.6 is 0 Å². The highest BCUT2D eigenvalue weighted by Gasteiger charge is 2.29. The summed E-state index contributed by atoms with van der Waals surface area (Å²) < 4.78 is 13.6. The smallest absolute Gasteiger partial charge is 0.222 e. The third-order valence-electron chi connectivity index (χ3n) is 3.69. The van der Waals surface area contributed by atoms with Crippen molar-refractivity contribution < 1.29 is 9.18 Å². The van der Waals surface area contributed by atoms with Crippen LogP contribution in [0.1, 0.15) is 25.3 Å². The van der Waals surface area contributed by atoms with Crippen molar-refractivity contribution in [3.05, 3.63) is 29.6 Å². The highest BCUT2D eigenvalue weighted by atomic mass is 19.1. The van der Waals surface area contributed by atoms with Crippen LogP contribution in [-0.2, 0) is 4.79 Å². The number of nitrogens with two attached hydrogens (primary N) is 1. The first-order valence-electron chi connectivity index (χ1n) is 6.28. The average Bonchev–Trinajstić information content (AvgIpc) is 2.38. The first kappa shape index (κ1) is 13.3. The van der Waals surface area contributed by atoms with Gasteiger partial charge in [0.15, 0.2) is 0 Å². The second kappa shape index (κ2) is 5.27. The second-order valence-electron chi connectivity index (χ2n) is 4.95. The number of rotatable bonds is 2. The minimum atomic E-state index is -0.534. The van der Waals surface area contributed by atoms with Crippen LogP contribution in [0.4, 0.5) is 10.1 Å². The van der Waals surface area contributed by atoms with Crippen molar-refractivity contribution in [3.8, 4) is 6.07 Å². The zero-order valence-corrected chi connectivity index (χ0v) is 10.8. The molecule has 100 valence electrons. The normalized spacial score (nSPS) is 22.9. The summed E-state index contributed by atoms with van der Waals surface area (Å²) in [5.41, 5.74) is 6.06. The summed E-state index contributed by atoms with van der Waals surface area (Å²) in [6.45, 7) is 2.54. The van der Waals surface area contributed by atoms with Crippen LogP contribution in [0.2, 0.25) is 0 Å². The summed E-state index contributed by atoms with van der Waals surface area (Å²) in [4.78, 5) is 13.3. The molecule has 1 aliphatic heterocycles. The molecular formula is C14H16FN3O. The lowest BCUT2D eigenvalue weighted by atomic mass is 9.92. The number of benzene rings is 1. The van der Waals surface area contributed by atoms with Crippen molar-refractivity contribution in [1.29, 1.82) is 5.26 Å². The van der Waals surface area contributed by atoms with Gasteiger partial charge in [-0.15, -0.1) is 0 Å². The Morgan fingerprint density at radius 3 is 2.84 bits per heavy atom. The van der Waals surface area contributed by atoms with Crippen molar-refractivity contribution in [2.24, 2.45) is 11.7 Å². The molecule has 4 nitrogen and oxygen atoms in total. The summed E-state index contributed by atoms with van der Waals surface area (Å²) in [6, 6.07) is 6.54. The molecule has 0 bridgehead atoms. The molecule has 0 saturated carbocycles. The maximum atomic E-state index is 13.6. The Morgan fingerprint density at radius 2 is 2.26 bits per heavy atom. The lowest BCUT2D eigenvalue weighted by Crippen LogP contribution is -2.45. The number of hydrogen-bond donors (Lipinski definition) is 1. The molecule has 0 aromatic heterocycles. The van der Waals surface area contributed by atoms with Gasteiger partial charge in [0, 0.05) is 18.3 Å². The molecule has 0 aliphatic carbocycles. The summed E-state index contributed by atoms with van der Waals surface area (Å²) in [5, 5.41) is 8.72. The molecule has 0 radical (unpaired) electrons. The Bertz CT molecular complexity index is 538. The minimum absolute atomic E-state index is 0.0277. The Morgan fingerprint density at radius 1 is 1.53 bits per heavy atom. The van der Waals surface area contributed by atoms with E-state index in [9.17, 15) is 9.18 Å². The topological polar surface area (TPSA) is 70.1 Å². The van der Waals surface area contributed by atoms with Crippen LogP contribution < -0.4 is 10.6 Å². The fraction of sp³-hybridized carbons (Fsp3) is 0.429. The second-order valence-corrected chi connectivity index (χ2v) is 4.95. The van der Waals surface area contributed by atoms with Crippen LogP contribution in [0, 0.1) is 23.1 Å². The SMILES string of the molecule is CC1CCC(C(N)=O)CN1c1ccc(C#N)c(F)c1. The summed E-state index contributed by atoms with van der Waals surface area (Å²) in [5.74, 6) is -1.05. The molecule has 19 heavy (non-hydrogen) atoms. The van der Waals surface area contributed by atoms with Crippen LogP contribution in [-0.4, -0.2) is 18.5 Å². The Labute approximate surface area is 111 Å². The summed E-state index contributed by atoms with van der Waals surface area (Å²) in [6.07, 6.45) is 1.61. The van der Waals surface area contributed by atoms with E-state index >= 15 is 0 Å². The molecule has 1 saturated heterocycles. The number of carbonyl (C=O) groups is 1. The molecule has 1 fully saturated rings. The predicted molar refractivity (Wildman–Crippen MR) is 69.8 cm³/mol. The zero-order chi connectivity index (χ0) is 14.0. The first-order chi connectivity index (χ1) is 9.02. The number of nitrogens with zero attached hydrogens (tertiary/aromatic N) is 2. The van der Waals surface area contributed by atoms with E-state index < -0.39 is 5.82 Å². The molecule has 2 atom stereocenters. The van der Waals surface area contributed by atoms with E-state index in [4.69, 9.17) is 11.0 Å². The van der Waals surface area contributed by atoms with Crippen molar-refractivity contribution >= 4 is 11.6 Å². The van der Waals surface area contributed by atoms with Crippen molar-refractivity contribution in [2.75, 3.05) is 11.4 Å². The maximum Gasteiger partial charge on any atom is 0.222 e. The average molecular weight is 261 g/mol. The quantitative estimate of drug-likeness (QED) is 0.882. The number of piperidine rings is 1. The number of nitriles is 1. The molecule has 1 aromatic rings. The third-order valence-corrected chi connectivity index (χ3v) is 3.69. The van der Waals surface area contributed by atoms with Crippen LogP contribution in [0.15, 0.2) is 18.2 Å². The Kier molecular flexibility index (Phi) is 3.70. The molecule has 1 aliphatic rings. The van der Waals surface area contributed by atoms with E-state index in [1.165, 1.54) is 12.1 Å². The van der Waals surface area contributed by atoms with Gasteiger partial charge in [-0.3, -0.25) is 4.79 Å². The van der Waals surface area contributed by atoms with Crippen LogP contribution in [0.25, 0.3) is 0 Å². The number of hydrogen-bond acceptors (Lipinski definition) is 3. The molecule has 1 amide bonds. The van der Waals surface area contributed by atoms with Gasteiger partial charge in [0.1, 0.15) is 11.9 Å². The third kappa shape index (κ3) is 2.68. The van der Waals surface area contributed by atoms with Crippen molar-refractivity contribution in [2.45, 2.75) is 25.8 Å². The van der Waals surface area contributed by atoms with Gasteiger partial charge in [-0.1, -0.05) is 0 Å². The number of amides is 1. The zero-order valence-electron chi connectivity index (χ0n) is 10.8. The van der Waals surface area contributed by atoms with Crippen LogP contribution in [0.3, 0.4) is 0 Å². The maximum absolute atomic E-state index is 13.6. The molecule has 2 N–H and O–H groups in total. The lowest BCUT2D eigenvalue weighted by Gasteiger charge is -2.38. The highest BCUT2D eigenvalue weighted by Crippen LogP contribution is 2.28. The number of anilines is 1. The van der Waals surface area contributed by atoms with E-state index in [1.807, 2.05) is 11.8 Å². The molecule has 2 unspecified atom stereocenters. The lowest BCUT2D eigenvalue weighted by molar-refractivity contribution is -0.122. The van der Waals surface area contributed by atoms with Crippen molar-refractivity contribution in [3.63, 3.8) is 0 Å². The van der Waals surface area contributed by atoms with Gasteiger partial charge in [-0.05, 0) is 38.0 Å². The van der Waals surface area contributed by atoms with E-state index in [-0.39, 0.29) is 23.4 Å². The fourth-order valence-electron chi connectivity index (χ4n) is 2.47. The monoisotopic (exact) mass is 261 g/mol. The fourth-order valence-corrected chi connectivity index (χ4v) is 2.47. The van der Waals surface area contributed by atoms with Gasteiger partial charge < -0.3 is 10.6 Å². The van der Waals surface area contributed by atoms with Gasteiger partial charge in [0.25, 0.3) is 0 Å².